The van der Waals surface area contributed by atoms with E-state index >= 15 is 0 Å². The van der Waals surface area contributed by atoms with Crippen molar-refractivity contribution in [1.82, 2.24) is 9.88 Å². The first-order valence-electron chi connectivity index (χ1n) is 5.90. The molecule has 1 aromatic rings. The van der Waals surface area contributed by atoms with E-state index < -0.39 is 5.97 Å². The minimum atomic E-state index is -0.397. The van der Waals surface area contributed by atoms with E-state index in [1.165, 1.54) is 12.0 Å². The van der Waals surface area contributed by atoms with Crippen LogP contribution in [-0.4, -0.2) is 42.0 Å². The molecule has 18 heavy (non-hydrogen) atoms. The molecule has 0 radical (unpaired) electrons. The number of hydrogen-bond acceptors (Lipinski definition) is 4. The number of esters is 1. The van der Waals surface area contributed by atoms with Gasteiger partial charge in [0, 0.05) is 25.4 Å². The Balaban J connectivity index is 2.45. The second-order valence-electron chi connectivity index (χ2n) is 3.85. The molecule has 0 aliphatic rings. The molecular formula is C13H18N2O3. The molecule has 1 rings (SSSR count). The Bertz CT molecular complexity index is 392. The zero-order chi connectivity index (χ0) is 13.4. The molecule has 1 aromatic heterocycles. The SMILES string of the molecule is CCN(CC(=O)OC)C(=O)CCc1cccnc1. The van der Waals surface area contributed by atoms with Crippen LogP contribution >= 0.6 is 0 Å². The Morgan fingerprint density at radius 2 is 2.22 bits per heavy atom. The summed E-state index contributed by atoms with van der Waals surface area (Å²) >= 11 is 0. The molecule has 0 fully saturated rings. The molecule has 5 heteroatoms. The predicted octanol–water partition coefficient (Wildman–Crippen LogP) is 1.04. The fraction of sp³-hybridized carbons (Fsp3) is 0.462. The van der Waals surface area contributed by atoms with E-state index in [-0.39, 0.29) is 12.5 Å². The maximum absolute atomic E-state index is 11.9. The summed E-state index contributed by atoms with van der Waals surface area (Å²) in [4.78, 5) is 28.5. The minimum absolute atomic E-state index is 0.0128. The highest BCUT2D eigenvalue weighted by Crippen LogP contribution is 2.03. The lowest BCUT2D eigenvalue weighted by Crippen LogP contribution is -2.36. The van der Waals surface area contributed by atoms with Crippen molar-refractivity contribution in [1.29, 1.82) is 0 Å². The number of ether oxygens (including phenoxy) is 1. The van der Waals surface area contributed by atoms with Crippen LogP contribution in [0.3, 0.4) is 0 Å². The lowest BCUT2D eigenvalue weighted by atomic mass is 10.1. The lowest BCUT2D eigenvalue weighted by molar-refractivity contribution is -0.146. The van der Waals surface area contributed by atoms with Gasteiger partial charge in [-0.15, -0.1) is 0 Å². The Morgan fingerprint density at radius 3 is 2.78 bits per heavy atom. The summed E-state index contributed by atoms with van der Waals surface area (Å²) in [6.45, 7) is 2.35. The summed E-state index contributed by atoms with van der Waals surface area (Å²) in [5.41, 5.74) is 1.01. The summed E-state index contributed by atoms with van der Waals surface area (Å²) in [6.07, 6.45) is 4.44. The van der Waals surface area contributed by atoms with Crippen LogP contribution < -0.4 is 0 Å². The molecule has 0 unspecified atom stereocenters. The number of carbonyl (C=O) groups is 2. The van der Waals surface area contributed by atoms with Crippen LogP contribution in [0, 0.1) is 0 Å². The van der Waals surface area contributed by atoms with Crippen molar-refractivity contribution in [3.8, 4) is 0 Å². The highest BCUT2D eigenvalue weighted by molar-refractivity contribution is 5.82. The van der Waals surface area contributed by atoms with Gasteiger partial charge in [0.1, 0.15) is 6.54 Å². The molecule has 5 nitrogen and oxygen atoms in total. The van der Waals surface area contributed by atoms with Crippen LogP contribution in [0.15, 0.2) is 24.5 Å². The summed E-state index contributed by atoms with van der Waals surface area (Å²) in [5, 5.41) is 0. The van der Waals surface area contributed by atoms with Crippen molar-refractivity contribution in [2.75, 3.05) is 20.2 Å². The van der Waals surface area contributed by atoms with E-state index in [9.17, 15) is 9.59 Å². The second-order valence-corrected chi connectivity index (χ2v) is 3.85. The number of rotatable bonds is 6. The number of aryl methyl sites for hydroxylation is 1. The highest BCUT2D eigenvalue weighted by atomic mass is 16.5. The fourth-order valence-electron chi connectivity index (χ4n) is 1.55. The van der Waals surface area contributed by atoms with Gasteiger partial charge in [0.2, 0.25) is 5.91 Å². The van der Waals surface area contributed by atoms with Crippen molar-refractivity contribution in [3.05, 3.63) is 30.1 Å². The first kappa shape index (κ1) is 14.2. The van der Waals surface area contributed by atoms with Gasteiger partial charge >= 0.3 is 5.97 Å². The normalized spacial score (nSPS) is 9.89. The molecule has 0 saturated carbocycles. The molecule has 0 spiro atoms. The van der Waals surface area contributed by atoms with Crippen LogP contribution in [0.25, 0.3) is 0 Å². The van der Waals surface area contributed by atoms with Crippen LogP contribution in [0.5, 0.6) is 0 Å². The summed E-state index contributed by atoms with van der Waals surface area (Å²) in [7, 11) is 1.32. The van der Waals surface area contributed by atoms with Gasteiger partial charge in [0.15, 0.2) is 0 Å². The molecule has 0 aliphatic heterocycles. The molecule has 0 bridgehead atoms. The van der Waals surface area contributed by atoms with Crippen LogP contribution in [-0.2, 0) is 20.7 Å². The number of amides is 1. The zero-order valence-corrected chi connectivity index (χ0v) is 10.8. The first-order valence-corrected chi connectivity index (χ1v) is 5.90. The molecule has 0 saturated heterocycles. The maximum Gasteiger partial charge on any atom is 0.325 e. The van der Waals surface area contributed by atoms with E-state index in [2.05, 4.69) is 9.72 Å². The van der Waals surface area contributed by atoms with Crippen LogP contribution in [0.2, 0.25) is 0 Å². The highest BCUT2D eigenvalue weighted by Gasteiger charge is 2.15. The van der Waals surface area contributed by atoms with Crippen molar-refractivity contribution >= 4 is 11.9 Å². The number of hydrogen-bond donors (Lipinski definition) is 0. The molecule has 1 heterocycles. The summed E-state index contributed by atoms with van der Waals surface area (Å²) < 4.78 is 4.55. The van der Waals surface area contributed by atoms with E-state index in [0.29, 0.717) is 19.4 Å². The van der Waals surface area contributed by atoms with Crippen LogP contribution in [0.4, 0.5) is 0 Å². The van der Waals surface area contributed by atoms with Gasteiger partial charge in [-0.3, -0.25) is 14.6 Å². The Kier molecular flexibility index (Phi) is 5.84. The molecule has 0 aromatic carbocycles. The second kappa shape index (κ2) is 7.42. The largest absolute Gasteiger partial charge is 0.468 e. The van der Waals surface area contributed by atoms with Crippen molar-refractivity contribution in [3.63, 3.8) is 0 Å². The van der Waals surface area contributed by atoms with Crippen molar-refractivity contribution in [2.45, 2.75) is 19.8 Å². The Hall–Kier alpha value is -1.91. The van der Waals surface area contributed by atoms with Gasteiger partial charge in [0.05, 0.1) is 7.11 Å². The Morgan fingerprint density at radius 1 is 1.44 bits per heavy atom. The minimum Gasteiger partial charge on any atom is -0.468 e. The number of nitrogens with zero attached hydrogens (tertiary/aromatic N) is 2. The number of carbonyl (C=O) groups excluding carboxylic acids is 2. The average Bonchev–Trinajstić information content (AvgIpc) is 2.42. The summed E-state index contributed by atoms with van der Waals surface area (Å²) in [5.74, 6) is -0.446. The third-order valence-corrected chi connectivity index (χ3v) is 2.63. The van der Waals surface area contributed by atoms with E-state index in [1.54, 1.807) is 12.4 Å². The molecule has 1 amide bonds. The smallest absolute Gasteiger partial charge is 0.325 e. The molecule has 98 valence electrons. The lowest BCUT2D eigenvalue weighted by Gasteiger charge is -2.19. The van der Waals surface area contributed by atoms with E-state index in [0.717, 1.165) is 5.56 Å². The first-order chi connectivity index (χ1) is 8.67. The molecule has 0 aliphatic carbocycles. The third-order valence-electron chi connectivity index (χ3n) is 2.63. The topological polar surface area (TPSA) is 59.5 Å². The van der Waals surface area contributed by atoms with Gasteiger partial charge < -0.3 is 9.64 Å². The fourth-order valence-corrected chi connectivity index (χ4v) is 1.55. The standard InChI is InChI=1S/C13H18N2O3/c1-3-15(10-13(17)18-2)12(16)7-6-11-5-4-8-14-9-11/h4-5,8-9H,3,6-7,10H2,1-2H3. The monoisotopic (exact) mass is 250 g/mol. The maximum atomic E-state index is 11.9. The van der Waals surface area contributed by atoms with E-state index in [1.807, 2.05) is 19.1 Å². The number of likely N-dealkylation sites (N-methyl/N-ethyl adjacent to an activating group) is 1. The number of methoxy groups -OCH3 is 1. The molecule has 0 N–H and O–H groups in total. The van der Waals surface area contributed by atoms with Gasteiger partial charge in [-0.05, 0) is 25.0 Å². The zero-order valence-electron chi connectivity index (χ0n) is 10.8. The quantitative estimate of drug-likeness (QED) is 0.708. The molecule has 0 atom stereocenters. The Labute approximate surface area is 107 Å². The van der Waals surface area contributed by atoms with Gasteiger partial charge in [0.25, 0.3) is 0 Å². The third kappa shape index (κ3) is 4.53. The van der Waals surface area contributed by atoms with Gasteiger partial charge in [-0.2, -0.15) is 0 Å². The predicted molar refractivity (Wildman–Crippen MR) is 66.8 cm³/mol. The average molecular weight is 250 g/mol. The van der Waals surface area contributed by atoms with Gasteiger partial charge in [-0.1, -0.05) is 6.07 Å². The molecular weight excluding hydrogens is 232 g/mol. The van der Waals surface area contributed by atoms with Crippen molar-refractivity contribution in [2.24, 2.45) is 0 Å². The number of pyridine rings is 1. The van der Waals surface area contributed by atoms with E-state index in [4.69, 9.17) is 0 Å². The number of aromatic nitrogens is 1. The summed E-state index contributed by atoms with van der Waals surface area (Å²) in [6, 6.07) is 3.77. The van der Waals surface area contributed by atoms with Crippen LogP contribution in [0.1, 0.15) is 18.9 Å². The van der Waals surface area contributed by atoms with Crippen molar-refractivity contribution < 1.29 is 14.3 Å². The van der Waals surface area contributed by atoms with Gasteiger partial charge in [-0.25, -0.2) is 0 Å².